The molecule has 2 heterocycles. The molecule has 0 atom stereocenters. The lowest BCUT2D eigenvalue weighted by molar-refractivity contribution is 0.0699. The standard InChI is InChI=1S/C17H21N3O3S2/c1-12-11-16(13(2)24-12)25(22,23)20-9-7-19(8-10-20)17(21)14-5-3-4-6-15(14)18/h3-6,11H,7-10,18H2,1-2H3. The third kappa shape index (κ3) is 3.42. The Balaban J connectivity index is 1.73. The Kier molecular flexibility index (Phi) is 4.86. The molecule has 25 heavy (non-hydrogen) atoms. The van der Waals surface area contributed by atoms with Crippen LogP contribution in [0.4, 0.5) is 5.69 Å². The van der Waals surface area contributed by atoms with Crippen LogP contribution < -0.4 is 5.73 Å². The molecule has 0 spiro atoms. The molecule has 0 bridgehead atoms. The van der Waals surface area contributed by atoms with E-state index < -0.39 is 10.0 Å². The van der Waals surface area contributed by atoms with Crippen molar-refractivity contribution in [1.82, 2.24) is 9.21 Å². The van der Waals surface area contributed by atoms with Crippen LogP contribution in [0, 0.1) is 13.8 Å². The SMILES string of the molecule is Cc1cc(S(=O)(=O)N2CCN(C(=O)c3ccccc3N)CC2)c(C)s1. The maximum atomic E-state index is 12.8. The van der Waals surface area contributed by atoms with Gasteiger partial charge in [0, 0.05) is 41.6 Å². The molecule has 1 aliphatic rings. The quantitative estimate of drug-likeness (QED) is 0.828. The number of hydrogen-bond acceptors (Lipinski definition) is 5. The fourth-order valence-corrected chi connectivity index (χ4v) is 5.94. The second-order valence-corrected chi connectivity index (χ2v) is 9.43. The maximum absolute atomic E-state index is 12.8. The van der Waals surface area contributed by atoms with Crippen LogP contribution in [0.3, 0.4) is 0 Å². The van der Waals surface area contributed by atoms with Crippen molar-refractivity contribution in [3.63, 3.8) is 0 Å². The molecule has 0 unspecified atom stereocenters. The second kappa shape index (κ2) is 6.78. The summed E-state index contributed by atoms with van der Waals surface area (Å²) in [6.07, 6.45) is 0. The van der Waals surface area contributed by atoms with Crippen molar-refractivity contribution in [3.8, 4) is 0 Å². The summed E-state index contributed by atoms with van der Waals surface area (Å²) >= 11 is 1.48. The summed E-state index contributed by atoms with van der Waals surface area (Å²) in [5, 5.41) is 0. The first kappa shape index (κ1) is 17.9. The zero-order valence-corrected chi connectivity index (χ0v) is 15.9. The number of piperazine rings is 1. The van der Waals surface area contributed by atoms with Gasteiger partial charge in [-0.3, -0.25) is 4.79 Å². The summed E-state index contributed by atoms with van der Waals surface area (Å²) in [6, 6.07) is 8.65. The normalized spacial score (nSPS) is 16.2. The van der Waals surface area contributed by atoms with Gasteiger partial charge in [0.15, 0.2) is 0 Å². The van der Waals surface area contributed by atoms with Crippen LogP contribution in [-0.2, 0) is 10.0 Å². The van der Waals surface area contributed by atoms with E-state index in [9.17, 15) is 13.2 Å². The van der Waals surface area contributed by atoms with Gasteiger partial charge in [0.1, 0.15) is 0 Å². The van der Waals surface area contributed by atoms with Gasteiger partial charge in [-0.15, -0.1) is 11.3 Å². The van der Waals surface area contributed by atoms with Crippen molar-refractivity contribution in [2.24, 2.45) is 0 Å². The molecule has 1 aromatic carbocycles. The van der Waals surface area contributed by atoms with Crippen molar-refractivity contribution in [3.05, 3.63) is 45.6 Å². The zero-order chi connectivity index (χ0) is 18.2. The van der Waals surface area contributed by atoms with Crippen LogP contribution in [0.5, 0.6) is 0 Å². The van der Waals surface area contributed by atoms with Crippen molar-refractivity contribution < 1.29 is 13.2 Å². The lowest BCUT2D eigenvalue weighted by Gasteiger charge is -2.34. The van der Waals surface area contributed by atoms with Crippen molar-refractivity contribution in [2.45, 2.75) is 18.7 Å². The first-order valence-corrected chi connectivity index (χ1v) is 10.3. The van der Waals surface area contributed by atoms with E-state index in [0.29, 0.717) is 29.2 Å². The number of thiophene rings is 1. The predicted molar refractivity (Wildman–Crippen MR) is 99.3 cm³/mol. The molecule has 2 aromatic rings. The number of hydrogen-bond donors (Lipinski definition) is 1. The Hall–Kier alpha value is -1.90. The lowest BCUT2D eigenvalue weighted by atomic mass is 10.1. The van der Waals surface area contributed by atoms with Crippen molar-refractivity contribution in [1.29, 1.82) is 0 Å². The monoisotopic (exact) mass is 379 g/mol. The smallest absolute Gasteiger partial charge is 0.256 e. The van der Waals surface area contributed by atoms with Gasteiger partial charge in [-0.25, -0.2) is 8.42 Å². The van der Waals surface area contributed by atoms with E-state index in [1.807, 2.05) is 13.8 Å². The summed E-state index contributed by atoms with van der Waals surface area (Å²) in [7, 11) is -3.51. The third-order valence-corrected chi connectivity index (χ3v) is 7.45. The molecule has 1 aliphatic heterocycles. The zero-order valence-electron chi connectivity index (χ0n) is 14.2. The van der Waals surface area contributed by atoms with Gasteiger partial charge in [0.25, 0.3) is 5.91 Å². The Morgan fingerprint density at radius 1 is 1.12 bits per heavy atom. The summed E-state index contributed by atoms with van der Waals surface area (Å²) in [5.41, 5.74) is 6.77. The van der Waals surface area contributed by atoms with Gasteiger partial charge < -0.3 is 10.6 Å². The van der Waals surface area contributed by atoms with Crippen LogP contribution in [0.2, 0.25) is 0 Å². The van der Waals surface area contributed by atoms with Gasteiger partial charge in [0.2, 0.25) is 10.0 Å². The number of sulfonamides is 1. The van der Waals surface area contributed by atoms with Crippen LogP contribution in [0.1, 0.15) is 20.1 Å². The molecule has 8 heteroatoms. The van der Waals surface area contributed by atoms with E-state index in [0.717, 1.165) is 9.75 Å². The highest BCUT2D eigenvalue weighted by atomic mass is 32.2. The van der Waals surface area contributed by atoms with E-state index in [1.165, 1.54) is 15.6 Å². The van der Waals surface area contributed by atoms with E-state index in [1.54, 1.807) is 35.2 Å². The number of carbonyl (C=O) groups is 1. The molecular weight excluding hydrogens is 358 g/mol. The van der Waals surface area contributed by atoms with Crippen LogP contribution >= 0.6 is 11.3 Å². The average Bonchev–Trinajstić information content (AvgIpc) is 2.94. The minimum Gasteiger partial charge on any atom is -0.398 e. The lowest BCUT2D eigenvalue weighted by Crippen LogP contribution is -2.50. The van der Waals surface area contributed by atoms with E-state index >= 15 is 0 Å². The number of para-hydroxylation sites is 1. The number of anilines is 1. The second-order valence-electron chi connectivity index (χ2n) is 6.06. The van der Waals surface area contributed by atoms with Crippen LogP contribution in [-0.4, -0.2) is 49.7 Å². The first-order chi connectivity index (χ1) is 11.8. The molecule has 0 saturated carbocycles. The molecule has 1 saturated heterocycles. The number of aryl methyl sites for hydroxylation is 2. The highest BCUT2D eigenvalue weighted by Gasteiger charge is 2.32. The van der Waals surface area contributed by atoms with E-state index in [-0.39, 0.29) is 19.0 Å². The molecule has 3 rings (SSSR count). The number of nitrogen functional groups attached to an aromatic ring is 1. The molecule has 1 amide bonds. The molecule has 2 N–H and O–H groups in total. The average molecular weight is 380 g/mol. The number of benzene rings is 1. The molecule has 1 aromatic heterocycles. The fraction of sp³-hybridized carbons (Fsp3) is 0.353. The summed E-state index contributed by atoms with van der Waals surface area (Å²) in [6.45, 7) is 5.01. The number of carbonyl (C=O) groups excluding carboxylic acids is 1. The minimum atomic E-state index is -3.51. The van der Waals surface area contributed by atoms with Gasteiger partial charge >= 0.3 is 0 Å². The van der Waals surface area contributed by atoms with Crippen LogP contribution in [0.15, 0.2) is 35.2 Å². The number of rotatable bonds is 3. The van der Waals surface area contributed by atoms with Gasteiger partial charge in [-0.05, 0) is 32.0 Å². The molecule has 0 radical (unpaired) electrons. The summed E-state index contributed by atoms with van der Waals surface area (Å²) in [5.74, 6) is -0.155. The molecule has 0 aliphatic carbocycles. The number of amides is 1. The molecule has 1 fully saturated rings. The van der Waals surface area contributed by atoms with Crippen LogP contribution in [0.25, 0.3) is 0 Å². The van der Waals surface area contributed by atoms with Crippen molar-refractivity contribution >= 4 is 33.0 Å². The third-order valence-electron chi connectivity index (χ3n) is 4.33. The minimum absolute atomic E-state index is 0.155. The van der Waals surface area contributed by atoms with Gasteiger partial charge in [0.05, 0.1) is 10.5 Å². The largest absolute Gasteiger partial charge is 0.398 e. The molecule has 6 nitrogen and oxygen atoms in total. The van der Waals surface area contributed by atoms with Gasteiger partial charge in [-0.1, -0.05) is 12.1 Å². The van der Waals surface area contributed by atoms with Crippen molar-refractivity contribution in [2.75, 3.05) is 31.9 Å². The highest BCUT2D eigenvalue weighted by Crippen LogP contribution is 2.28. The Labute approximate surface area is 151 Å². The van der Waals surface area contributed by atoms with E-state index in [2.05, 4.69) is 0 Å². The maximum Gasteiger partial charge on any atom is 0.256 e. The predicted octanol–water partition coefficient (Wildman–Crippen LogP) is 2.09. The summed E-state index contributed by atoms with van der Waals surface area (Å²) in [4.78, 5) is 16.4. The summed E-state index contributed by atoms with van der Waals surface area (Å²) < 4.78 is 27.1. The van der Waals surface area contributed by atoms with Gasteiger partial charge in [-0.2, -0.15) is 4.31 Å². The number of nitrogens with zero attached hydrogens (tertiary/aromatic N) is 2. The first-order valence-electron chi connectivity index (χ1n) is 8.01. The Bertz CT molecular complexity index is 898. The molecular formula is C17H21N3O3S2. The fourth-order valence-electron chi connectivity index (χ4n) is 3.00. The van der Waals surface area contributed by atoms with E-state index in [4.69, 9.17) is 5.73 Å². The number of nitrogens with two attached hydrogens (primary N) is 1. The topological polar surface area (TPSA) is 83.7 Å². The molecule has 134 valence electrons. The Morgan fingerprint density at radius 2 is 1.76 bits per heavy atom. The highest BCUT2D eigenvalue weighted by molar-refractivity contribution is 7.89. The Morgan fingerprint density at radius 3 is 2.32 bits per heavy atom.